The fraction of sp³-hybridized carbons (Fsp3) is 0.278. The first-order chi connectivity index (χ1) is 9.78. The molecule has 20 heavy (non-hydrogen) atoms. The first-order valence-corrected chi connectivity index (χ1v) is 7.13. The zero-order valence-electron chi connectivity index (χ0n) is 11.7. The van der Waals surface area contributed by atoms with Gasteiger partial charge in [-0.2, -0.15) is 5.26 Å². The average molecular weight is 262 g/mol. The largest absolute Gasteiger partial charge is 0.377 e. The molecule has 0 heterocycles. The van der Waals surface area contributed by atoms with Gasteiger partial charge in [-0.3, -0.25) is 0 Å². The van der Waals surface area contributed by atoms with Crippen molar-refractivity contribution in [2.75, 3.05) is 5.32 Å². The number of benzene rings is 2. The monoisotopic (exact) mass is 262 g/mol. The number of hydrogen-bond donors (Lipinski definition) is 1. The Morgan fingerprint density at radius 1 is 1.20 bits per heavy atom. The molecular formula is C18H18N2. The molecule has 2 nitrogen and oxygen atoms in total. The van der Waals surface area contributed by atoms with Gasteiger partial charge in [-0.1, -0.05) is 30.3 Å². The summed E-state index contributed by atoms with van der Waals surface area (Å²) in [4.78, 5) is 0. The maximum Gasteiger partial charge on any atom is 0.101 e. The van der Waals surface area contributed by atoms with E-state index >= 15 is 0 Å². The van der Waals surface area contributed by atoms with E-state index in [-0.39, 0.29) is 0 Å². The Labute approximate surface area is 120 Å². The van der Waals surface area contributed by atoms with E-state index in [1.807, 2.05) is 12.1 Å². The first kappa shape index (κ1) is 12.7. The summed E-state index contributed by atoms with van der Waals surface area (Å²) < 4.78 is 0. The number of anilines is 1. The molecule has 100 valence electrons. The van der Waals surface area contributed by atoms with Crippen molar-refractivity contribution < 1.29 is 0 Å². The van der Waals surface area contributed by atoms with Crippen LogP contribution in [0.15, 0.2) is 42.5 Å². The molecule has 1 aliphatic carbocycles. The second-order valence-electron chi connectivity index (χ2n) is 5.45. The van der Waals surface area contributed by atoms with Crippen molar-refractivity contribution in [2.45, 2.75) is 32.2 Å². The summed E-state index contributed by atoms with van der Waals surface area (Å²) in [5, 5.41) is 12.8. The van der Waals surface area contributed by atoms with Crippen molar-refractivity contribution in [3.05, 3.63) is 64.7 Å². The fourth-order valence-corrected chi connectivity index (χ4v) is 2.97. The second-order valence-corrected chi connectivity index (χ2v) is 5.45. The number of nitrogens with one attached hydrogen (secondary N) is 1. The van der Waals surface area contributed by atoms with Crippen LogP contribution in [0.2, 0.25) is 0 Å². The third-order valence-corrected chi connectivity index (χ3v) is 3.99. The van der Waals surface area contributed by atoms with Crippen LogP contribution in [0.4, 0.5) is 5.69 Å². The van der Waals surface area contributed by atoms with Crippen LogP contribution in [-0.4, -0.2) is 0 Å². The third-order valence-electron chi connectivity index (χ3n) is 3.99. The zero-order chi connectivity index (χ0) is 13.9. The minimum atomic E-state index is 0.314. The second kappa shape index (κ2) is 5.38. The normalized spacial score (nSPS) is 17.1. The van der Waals surface area contributed by atoms with E-state index < -0.39 is 0 Å². The molecule has 0 fully saturated rings. The molecule has 0 aliphatic heterocycles. The minimum absolute atomic E-state index is 0.314. The predicted octanol–water partition coefficient (Wildman–Crippen LogP) is 4.36. The van der Waals surface area contributed by atoms with Crippen molar-refractivity contribution in [3.8, 4) is 6.07 Å². The lowest BCUT2D eigenvalue weighted by Gasteiger charge is -2.27. The van der Waals surface area contributed by atoms with Crippen LogP contribution >= 0.6 is 0 Å². The highest BCUT2D eigenvalue weighted by molar-refractivity contribution is 5.60. The number of aryl methyl sites for hydroxylation is 2. The molecular weight excluding hydrogens is 244 g/mol. The van der Waals surface area contributed by atoms with Crippen molar-refractivity contribution in [1.82, 2.24) is 0 Å². The van der Waals surface area contributed by atoms with E-state index in [0.29, 0.717) is 6.04 Å². The average Bonchev–Trinajstić information content (AvgIpc) is 2.48. The lowest BCUT2D eigenvalue weighted by Crippen LogP contribution is -2.17. The Morgan fingerprint density at radius 2 is 2.05 bits per heavy atom. The maximum atomic E-state index is 9.24. The highest BCUT2D eigenvalue weighted by Crippen LogP contribution is 2.33. The van der Waals surface area contributed by atoms with Gasteiger partial charge in [-0.05, 0) is 55.0 Å². The van der Waals surface area contributed by atoms with Gasteiger partial charge >= 0.3 is 0 Å². The molecule has 0 saturated heterocycles. The van der Waals surface area contributed by atoms with Crippen LogP contribution in [0, 0.1) is 18.3 Å². The van der Waals surface area contributed by atoms with Crippen molar-refractivity contribution >= 4 is 5.69 Å². The molecule has 0 spiro atoms. The molecule has 1 N–H and O–H groups in total. The molecule has 1 unspecified atom stereocenters. The van der Waals surface area contributed by atoms with Crippen molar-refractivity contribution in [3.63, 3.8) is 0 Å². The number of nitrogens with zero attached hydrogens (tertiary/aromatic N) is 1. The van der Waals surface area contributed by atoms with Crippen LogP contribution in [0.3, 0.4) is 0 Å². The van der Waals surface area contributed by atoms with Crippen LogP contribution < -0.4 is 5.32 Å². The van der Waals surface area contributed by atoms with Gasteiger partial charge in [0.1, 0.15) is 6.07 Å². The third kappa shape index (κ3) is 2.40. The Balaban J connectivity index is 1.93. The van der Waals surface area contributed by atoms with E-state index in [1.54, 1.807) is 0 Å². The van der Waals surface area contributed by atoms with E-state index in [0.717, 1.165) is 24.1 Å². The molecule has 0 amide bonds. The molecule has 2 heteroatoms. The van der Waals surface area contributed by atoms with E-state index in [1.165, 1.54) is 23.1 Å². The lowest BCUT2D eigenvalue weighted by molar-refractivity contribution is 0.600. The summed E-state index contributed by atoms with van der Waals surface area (Å²) in [6.07, 6.45) is 3.48. The van der Waals surface area contributed by atoms with Crippen molar-refractivity contribution in [2.24, 2.45) is 0 Å². The molecule has 1 aliphatic rings. The predicted molar refractivity (Wildman–Crippen MR) is 81.6 cm³/mol. The fourth-order valence-electron chi connectivity index (χ4n) is 2.97. The lowest BCUT2D eigenvalue weighted by atomic mass is 9.87. The van der Waals surface area contributed by atoms with Crippen LogP contribution in [-0.2, 0) is 6.42 Å². The summed E-state index contributed by atoms with van der Waals surface area (Å²) in [6.45, 7) is 2.06. The molecule has 2 aromatic rings. The SMILES string of the molecule is Cc1ccc(C#N)c(NC2CCCc3ccccc32)c1. The molecule has 2 aromatic carbocycles. The molecule has 1 atom stereocenters. The molecule has 3 rings (SSSR count). The van der Waals surface area contributed by atoms with E-state index in [9.17, 15) is 5.26 Å². The molecule has 0 bridgehead atoms. The van der Waals surface area contributed by atoms with Crippen LogP contribution in [0.1, 0.15) is 41.1 Å². The summed E-state index contributed by atoms with van der Waals surface area (Å²) in [6, 6.07) is 17.2. The van der Waals surface area contributed by atoms with Gasteiger partial charge in [0.25, 0.3) is 0 Å². The van der Waals surface area contributed by atoms with Crippen LogP contribution in [0.25, 0.3) is 0 Å². The topological polar surface area (TPSA) is 35.8 Å². The number of rotatable bonds is 2. The quantitative estimate of drug-likeness (QED) is 0.873. The van der Waals surface area contributed by atoms with Crippen molar-refractivity contribution in [1.29, 1.82) is 5.26 Å². The first-order valence-electron chi connectivity index (χ1n) is 7.13. The van der Waals surface area contributed by atoms with Crippen LogP contribution in [0.5, 0.6) is 0 Å². The summed E-state index contributed by atoms with van der Waals surface area (Å²) >= 11 is 0. The van der Waals surface area contributed by atoms with Gasteiger partial charge in [-0.25, -0.2) is 0 Å². The smallest absolute Gasteiger partial charge is 0.101 e. The standard InChI is InChI=1S/C18H18N2/c1-13-9-10-15(12-19)18(11-13)20-17-8-4-6-14-5-2-3-7-16(14)17/h2-3,5,7,9-11,17,20H,4,6,8H2,1H3. The highest BCUT2D eigenvalue weighted by Gasteiger charge is 2.20. The van der Waals surface area contributed by atoms with Gasteiger partial charge in [-0.15, -0.1) is 0 Å². The van der Waals surface area contributed by atoms with E-state index in [2.05, 4.69) is 48.6 Å². The summed E-state index contributed by atoms with van der Waals surface area (Å²) in [5.74, 6) is 0. The minimum Gasteiger partial charge on any atom is -0.377 e. The van der Waals surface area contributed by atoms with Gasteiger partial charge in [0.15, 0.2) is 0 Å². The Morgan fingerprint density at radius 3 is 2.90 bits per heavy atom. The van der Waals surface area contributed by atoms with Gasteiger partial charge in [0, 0.05) is 0 Å². The Hall–Kier alpha value is -2.27. The highest BCUT2D eigenvalue weighted by atomic mass is 14.9. The number of hydrogen-bond acceptors (Lipinski definition) is 2. The van der Waals surface area contributed by atoms with Gasteiger partial charge < -0.3 is 5.32 Å². The number of nitriles is 1. The van der Waals surface area contributed by atoms with Gasteiger partial charge in [0.05, 0.1) is 17.3 Å². The Kier molecular flexibility index (Phi) is 3.43. The number of fused-ring (bicyclic) bond motifs is 1. The molecule has 0 radical (unpaired) electrons. The van der Waals surface area contributed by atoms with E-state index in [4.69, 9.17) is 0 Å². The summed E-state index contributed by atoms with van der Waals surface area (Å²) in [7, 11) is 0. The Bertz CT molecular complexity index is 667. The maximum absolute atomic E-state index is 9.24. The molecule has 0 aromatic heterocycles. The zero-order valence-corrected chi connectivity index (χ0v) is 11.7. The summed E-state index contributed by atoms with van der Waals surface area (Å²) in [5.41, 5.74) is 5.66. The van der Waals surface area contributed by atoms with Gasteiger partial charge in [0.2, 0.25) is 0 Å². The molecule has 0 saturated carbocycles.